The van der Waals surface area contributed by atoms with Crippen molar-refractivity contribution in [1.29, 1.82) is 0 Å². The minimum atomic E-state index is -0.472. The summed E-state index contributed by atoms with van der Waals surface area (Å²) in [5.74, 6) is 0.217. The Kier molecular flexibility index (Phi) is 6.79. The molecule has 8 heteroatoms. The van der Waals surface area contributed by atoms with Gasteiger partial charge in [0.05, 0.1) is 37.7 Å². The number of thiocarbonyl (C=S) groups is 1. The fraction of sp³-hybridized carbons (Fsp3) is 0.192. The number of carbonyl (C=O) groups is 1. The molecule has 0 bridgehead atoms. The van der Waals surface area contributed by atoms with E-state index in [1.54, 1.807) is 36.6 Å². The summed E-state index contributed by atoms with van der Waals surface area (Å²) >= 11 is 5.70. The average molecular weight is 476 g/mol. The number of nitrogens with zero attached hydrogens (tertiary/aromatic N) is 1. The average Bonchev–Trinajstić information content (AvgIpc) is 3.32. The van der Waals surface area contributed by atoms with Crippen LogP contribution < -0.4 is 10.9 Å². The van der Waals surface area contributed by atoms with Crippen LogP contribution in [0.15, 0.2) is 70.1 Å². The lowest BCUT2D eigenvalue weighted by Crippen LogP contribution is -2.35. The monoisotopic (exact) mass is 475 g/mol. The van der Waals surface area contributed by atoms with Crippen LogP contribution in [0.5, 0.6) is 0 Å². The van der Waals surface area contributed by atoms with Gasteiger partial charge >= 0.3 is 5.97 Å². The smallest absolute Gasteiger partial charge is 0.339 e. The third kappa shape index (κ3) is 5.02. The molecule has 0 aliphatic rings. The number of ether oxygens (including phenoxy) is 1. The van der Waals surface area contributed by atoms with E-state index in [1.165, 1.54) is 7.11 Å². The van der Waals surface area contributed by atoms with Gasteiger partial charge in [-0.15, -0.1) is 0 Å². The fourth-order valence-electron chi connectivity index (χ4n) is 3.90. The molecule has 0 fully saturated rings. The number of hydrogen-bond acceptors (Lipinski definition) is 5. The molecule has 0 atom stereocenters. The van der Waals surface area contributed by atoms with Gasteiger partial charge in [-0.1, -0.05) is 18.2 Å². The molecule has 2 aromatic heterocycles. The van der Waals surface area contributed by atoms with Crippen molar-refractivity contribution in [3.63, 3.8) is 0 Å². The topological polar surface area (TPSA) is 87.6 Å². The first-order chi connectivity index (χ1) is 16.4. The van der Waals surface area contributed by atoms with Gasteiger partial charge in [-0.05, 0) is 73.6 Å². The quantitative estimate of drug-likeness (QED) is 0.302. The highest BCUT2D eigenvalue weighted by Gasteiger charge is 2.18. The van der Waals surface area contributed by atoms with E-state index in [-0.39, 0.29) is 12.1 Å². The molecule has 4 rings (SSSR count). The van der Waals surface area contributed by atoms with Crippen molar-refractivity contribution in [2.45, 2.75) is 26.9 Å². The summed E-state index contributed by atoms with van der Waals surface area (Å²) in [5.41, 5.74) is 4.23. The third-order valence-corrected chi connectivity index (χ3v) is 5.90. The van der Waals surface area contributed by atoms with Crippen LogP contribution >= 0.6 is 12.2 Å². The second kappa shape index (κ2) is 9.93. The largest absolute Gasteiger partial charge is 0.467 e. The van der Waals surface area contributed by atoms with Crippen molar-refractivity contribution in [3.05, 3.63) is 99.2 Å². The highest BCUT2D eigenvalue weighted by Crippen LogP contribution is 2.21. The van der Waals surface area contributed by atoms with Crippen LogP contribution in [0, 0.1) is 13.8 Å². The lowest BCUT2D eigenvalue weighted by Gasteiger charge is -2.25. The lowest BCUT2D eigenvalue weighted by molar-refractivity contribution is 0.0602. The van der Waals surface area contributed by atoms with Crippen LogP contribution in [-0.2, 0) is 17.8 Å². The van der Waals surface area contributed by atoms with Crippen molar-refractivity contribution in [2.75, 3.05) is 12.4 Å². The van der Waals surface area contributed by atoms with E-state index in [0.29, 0.717) is 34.2 Å². The molecule has 0 aliphatic carbocycles. The van der Waals surface area contributed by atoms with Crippen molar-refractivity contribution in [3.8, 4) is 0 Å². The number of fused-ring (bicyclic) bond motifs is 1. The first-order valence-corrected chi connectivity index (χ1v) is 11.2. The van der Waals surface area contributed by atoms with E-state index < -0.39 is 5.97 Å². The van der Waals surface area contributed by atoms with Gasteiger partial charge in [0.1, 0.15) is 5.76 Å². The van der Waals surface area contributed by atoms with Gasteiger partial charge in [-0.3, -0.25) is 4.79 Å². The summed E-state index contributed by atoms with van der Waals surface area (Å²) in [7, 11) is 1.33. The van der Waals surface area contributed by atoms with Crippen LogP contribution in [0.25, 0.3) is 10.9 Å². The molecule has 0 amide bonds. The fourth-order valence-corrected chi connectivity index (χ4v) is 4.14. The lowest BCUT2D eigenvalue weighted by atomic mass is 10.0. The Hall–Kier alpha value is -3.91. The van der Waals surface area contributed by atoms with Crippen molar-refractivity contribution in [1.82, 2.24) is 9.88 Å². The highest BCUT2D eigenvalue weighted by molar-refractivity contribution is 7.80. The third-order valence-electron chi connectivity index (χ3n) is 5.54. The maximum atomic E-state index is 12.9. The number of aromatic amines is 1. The minimum Gasteiger partial charge on any atom is -0.467 e. The number of para-hydroxylation sites is 1. The molecule has 0 spiro atoms. The number of furan rings is 1. The number of benzene rings is 2. The first-order valence-electron chi connectivity index (χ1n) is 10.7. The summed E-state index contributed by atoms with van der Waals surface area (Å²) in [4.78, 5) is 29.9. The molecule has 2 aromatic carbocycles. The van der Waals surface area contributed by atoms with Crippen LogP contribution in [0.3, 0.4) is 0 Å². The molecule has 174 valence electrons. The van der Waals surface area contributed by atoms with Crippen LogP contribution in [-0.4, -0.2) is 28.1 Å². The number of hydrogen-bond donors (Lipinski definition) is 2. The molecule has 0 saturated heterocycles. The number of esters is 1. The Morgan fingerprint density at radius 3 is 2.65 bits per heavy atom. The zero-order valence-corrected chi connectivity index (χ0v) is 20.0. The van der Waals surface area contributed by atoms with Crippen molar-refractivity contribution in [2.24, 2.45) is 0 Å². The predicted octanol–water partition coefficient (Wildman–Crippen LogP) is 4.92. The van der Waals surface area contributed by atoms with Crippen LogP contribution in [0.1, 0.15) is 32.8 Å². The molecule has 0 unspecified atom stereocenters. The van der Waals surface area contributed by atoms with Crippen molar-refractivity contribution < 1.29 is 13.9 Å². The zero-order valence-electron chi connectivity index (χ0n) is 19.2. The van der Waals surface area contributed by atoms with Gasteiger partial charge in [0, 0.05) is 16.5 Å². The Morgan fingerprint density at radius 1 is 1.12 bits per heavy atom. The second-order valence-corrected chi connectivity index (χ2v) is 8.46. The van der Waals surface area contributed by atoms with Gasteiger partial charge in [0.15, 0.2) is 5.11 Å². The molecule has 34 heavy (non-hydrogen) atoms. The molecular weight excluding hydrogens is 450 g/mol. The molecule has 2 heterocycles. The number of anilines is 1. The summed E-state index contributed by atoms with van der Waals surface area (Å²) < 4.78 is 10.4. The Morgan fingerprint density at radius 2 is 1.91 bits per heavy atom. The van der Waals surface area contributed by atoms with Gasteiger partial charge in [-0.25, -0.2) is 4.79 Å². The maximum Gasteiger partial charge on any atom is 0.339 e. The van der Waals surface area contributed by atoms with E-state index in [0.717, 1.165) is 22.0 Å². The number of aromatic nitrogens is 1. The molecular formula is C26H25N3O4S. The Balaban J connectivity index is 1.68. The summed E-state index contributed by atoms with van der Waals surface area (Å²) in [6, 6.07) is 16.5. The SMILES string of the molecule is COC(=O)c1ccccc1NC(=S)N(Cc1ccco1)Cc1cc2c(C)cc(C)cc2[nH]c1=O. The number of carbonyl (C=O) groups excluding carboxylic acids is 1. The molecule has 4 aromatic rings. The number of H-pyrrole nitrogens is 1. The van der Waals surface area contributed by atoms with Crippen LogP contribution in [0.4, 0.5) is 5.69 Å². The van der Waals surface area contributed by atoms with Crippen molar-refractivity contribution >= 4 is 39.9 Å². The van der Waals surface area contributed by atoms with E-state index in [2.05, 4.69) is 16.4 Å². The maximum absolute atomic E-state index is 12.9. The molecule has 7 nitrogen and oxygen atoms in total. The summed E-state index contributed by atoms with van der Waals surface area (Å²) in [6.45, 7) is 4.60. The number of rotatable bonds is 6. The zero-order chi connectivity index (χ0) is 24.2. The van der Waals surface area contributed by atoms with Gasteiger partial charge in [0.2, 0.25) is 0 Å². The van der Waals surface area contributed by atoms with E-state index in [9.17, 15) is 9.59 Å². The number of aryl methyl sites for hydroxylation is 2. The molecule has 2 N–H and O–H groups in total. The number of methoxy groups -OCH3 is 1. The van der Waals surface area contributed by atoms with E-state index in [4.69, 9.17) is 21.4 Å². The van der Waals surface area contributed by atoms with Crippen LogP contribution in [0.2, 0.25) is 0 Å². The van der Waals surface area contributed by atoms with E-state index in [1.807, 2.05) is 36.9 Å². The predicted molar refractivity (Wildman–Crippen MR) is 136 cm³/mol. The first kappa shape index (κ1) is 23.3. The normalized spacial score (nSPS) is 10.8. The van der Waals surface area contributed by atoms with Gasteiger partial charge in [-0.2, -0.15) is 0 Å². The van der Waals surface area contributed by atoms with Gasteiger partial charge in [0.25, 0.3) is 5.56 Å². The number of pyridine rings is 1. The Labute approximate surface area is 202 Å². The molecule has 0 saturated carbocycles. The summed E-state index contributed by atoms with van der Waals surface area (Å²) in [5, 5.41) is 4.46. The standard InChI is InChI=1S/C26H25N3O4S/c1-16-11-17(2)21-13-18(24(30)27-23(21)12-16)14-29(15-19-7-6-10-33-19)26(34)28-22-9-5-4-8-20(22)25(31)32-3/h4-13H,14-15H2,1-3H3,(H,27,30)(H,28,34). The van der Waals surface area contributed by atoms with Gasteiger partial charge < -0.3 is 24.4 Å². The minimum absolute atomic E-state index is 0.181. The number of nitrogens with one attached hydrogen (secondary N) is 2. The molecule has 0 aliphatic heterocycles. The molecule has 0 radical (unpaired) electrons. The van der Waals surface area contributed by atoms with E-state index >= 15 is 0 Å². The summed E-state index contributed by atoms with van der Waals surface area (Å²) in [6.07, 6.45) is 1.59. The Bertz CT molecular complexity index is 1410. The highest BCUT2D eigenvalue weighted by atomic mass is 32.1. The second-order valence-electron chi connectivity index (χ2n) is 8.07.